The molecule has 0 radical (unpaired) electrons. The molecule has 1 N–H and O–H groups in total. The number of carboxylic acid groups (broad SMARTS) is 1. The first-order valence-corrected chi connectivity index (χ1v) is 5.61. The van der Waals surface area contributed by atoms with Crippen molar-refractivity contribution in [2.45, 2.75) is 12.1 Å². The predicted octanol–water partition coefficient (Wildman–Crippen LogP) is -0.170. The third kappa shape index (κ3) is 1.63. The molecule has 0 atom stereocenters. The average molecular weight is 218 g/mol. The number of hydrogen-bond acceptors (Lipinski definition) is 4. The molecule has 1 aromatic heterocycles. The number of aromatic nitrogens is 2. The van der Waals surface area contributed by atoms with Crippen LogP contribution in [0.25, 0.3) is 0 Å². The molecule has 6 nitrogen and oxygen atoms in total. The molecule has 1 aromatic rings. The second-order valence-corrected chi connectivity index (χ2v) is 4.87. The van der Waals surface area contributed by atoms with Crippen LogP contribution in [0.3, 0.4) is 0 Å². The lowest BCUT2D eigenvalue weighted by molar-refractivity contribution is 0.0690. The molecule has 0 amide bonds. The van der Waals surface area contributed by atoms with Crippen molar-refractivity contribution in [3.8, 4) is 0 Å². The molecule has 0 aliphatic carbocycles. The number of nitrogens with zero attached hydrogens (tertiary/aromatic N) is 2. The lowest BCUT2D eigenvalue weighted by Crippen LogP contribution is -2.06. The van der Waals surface area contributed by atoms with Crippen molar-refractivity contribution >= 4 is 15.8 Å². The van der Waals surface area contributed by atoms with Crippen LogP contribution in [0, 0.1) is 6.92 Å². The molecule has 14 heavy (non-hydrogen) atoms. The SMILES string of the molecule is Cc1c(C(=O)O)nc(S(C)(=O)=O)n1C. The van der Waals surface area contributed by atoms with Gasteiger partial charge in [0.05, 0.1) is 0 Å². The van der Waals surface area contributed by atoms with Gasteiger partial charge in [0.15, 0.2) is 5.69 Å². The Morgan fingerprint density at radius 1 is 1.50 bits per heavy atom. The molecule has 0 fully saturated rings. The minimum atomic E-state index is -3.48. The number of carbonyl (C=O) groups is 1. The van der Waals surface area contributed by atoms with Gasteiger partial charge in [-0.15, -0.1) is 0 Å². The zero-order valence-electron chi connectivity index (χ0n) is 7.97. The van der Waals surface area contributed by atoms with Gasteiger partial charge in [0.1, 0.15) is 0 Å². The highest BCUT2D eigenvalue weighted by Crippen LogP contribution is 2.13. The molecule has 0 aliphatic heterocycles. The van der Waals surface area contributed by atoms with Crippen molar-refractivity contribution in [3.05, 3.63) is 11.4 Å². The molecule has 1 heterocycles. The monoisotopic (exact) mass is 218 g/mol. The summed E-state index contributed by atoms with van der Waals surface area (Å²) >= 11 is 0. The van der Waals surface area contributed by atoms with Gasteiger partial charge in [-0.1, -0.05) is 0 Å². The first kappa shape index (κ1) is 10.7. The fourth-order valence-electron chi connectivity index (χ4n) is 1.09. The van der Waals surface area contributed by atoms with Crippen LogP contribution in [0.4, 0.5) is 0 Å². The Balaban J connectivity index is 3.52. The summed E-state index contributed by atoms with van der Waals surface area (Å²) in [4.78, 5) is 14.2. The van der Waals surface area contributed by atoms with E-state index in [-0.39, 0.29) is 10.9 Å². The Kier molecular flexibility index (Phi) is 2.36. The molecular weight excluding hydrogens is 208 g/mol. The van der Waals surface area contributed by atoms with E-state index in [0.29, 0.717) is 5.69 Å². The number of imidazole rings is 1. The standard InChI is InChI=1S/C7H10N2O4S/c1-4-5(6(10)11)8-7(9(4)2)14(3,12)13/h1-3H3,(H,10,11). The maximum Gasteiger partial charge on any atom is 0.356 e. The number of sulfone groups is 1. The van der Waals surface area contributed by atoms with Crippen molar-refractivity contribution in [2.75, 3.05) is 6.26 Å². The summed E-state index contributed by atoms with van der Waals surface area (Å²) in [5.41, 5.74) is 0.0888. The molecule has 0 saturated heterocycles. The van der Waals surface area contributed by atoms with E-state index in [0.717, 1.165) is 6.26 Å². The van der Waals surface area contributed by atoms with Gasteiger partial charge in [-0.2, -0.15) is 0 Å². The molecular formula is C7H10N2O4S. The lowest BCUT2D eigenvalue weighted by Gasteiger charge is -1.98. The molecule has 0 bridgehead atoms. The summed E-state index contributed by atoms with van der Waals surface area (Å²) < 4.78 is 23.6. The van der Waals surface area contributed by atoms with E-state index in [1.54, 1.807) is 0 Å². The van der Waals surface area contributed by atoms with Gasteiger partial charge < -0.3 is 9.67 Å². The van der Waals surface area contributed by atoms with Crippen LogP contribution in [0.1, 0.15) is 16.2 Å². The van der Waals surface area contributed by atoms with Crippen molar-refractivity contribution < 1.29 is 18.3 Å². The molecule has 7 heteroatoms. The highest BCUT2D eigenvalue weighted by atomic mass is 32.2. The van der Waals surface area contributed by atoms with Crippen LogP contribution in [0.5, 0.6) is 0 Å². The molecule has 0 unspecified atom stereocenters. The van der Waals surface area contributed by atoms with E-state index in [2.05, 4.69) is 4.98 Å². The Bertz CT molecular complexity index is 486. The van der Waals surface area contributed by atoms with Crippen molar-refractivity contribution in [1.29, 1.82) is 0 Å². The van der Waals surface area contributed by atoms with Crippen LogP contribution < -0.4 is 0 Å². The van der Waals surface area contributed by atoms with Crippen LogP contribution in [-0.2, 0) is 16.9 Å². The van der Waals surface area contributed by atoms with E-state index < -0.39 is 15.8 Å². The van der Waals surface area contributed by atoms with Gasteiger partial charge in [-0.25, -0.2) is 18.2 Å². The Morgan fingerprint density at radius 3 is 2.21 bits per heavy atom. The fourth-order valence-corrected chi connectivity index (χ4v) is 1.98. The van der Waals surface area contributed by atoms with Gasteiger partial charge in [0.2, 0.25) is 15.0 Å². The second kappa shape index (κ2) is 3.09. The summed E-state index contributed by atoms with van der Waals surface area (Å²) in [7, 11) is -2.02. The Hall–Kier alpha value is -1.37. The fraction of sp³-hybridized carbons (Fsp3) is 0.429. The average Bonchev–Trinajstić information content (AvgIpc) is 2.28. The third-order valence-electron chi connectivity index (χ3n) is 1.87. The van der Waals surface area contributed by atoms with E-state index in [9.17, 15) is 13.2 Å². The first-order valence-electron chi connectivity index (χ1n) is 3.72. The second-order valence-electron chi connectivity index (χ2n) is 2.96. The van der Waals surface area contributed by atoms with Crippen molar-refractivity contribution in [3.63, 3.8) is 0 Å². The minimum absolute atomic E-state index is 0.229. The minimum Gasteiger partial charge on any atom is -0.476 e. The molecule has 0 saturated carbocycles. The van der Waals surface area contributed by atoms with E-state index >= 15 is 0 Å². The summed E-state index contributed by atoms with van der Waals surface area (Å²) in [6.07, 6.45) is 0.987. The number of hydrogen-bond donors (Lipinski definition) is 1. The van der Waals surface area contributed by atoms with Crippen LogP contribution >= 0.6 is 0 Å². The molecule has 0 spiro atoms. The van der Waals surface area contributed by atoms with Gasteiger partial charge in [-0.05, 0) is 6.92 Å². The maximum absolute atomic E-state index is 11.2. The van der Waals surface area contributed by atoms with E-state index in [4.69, 9.17) is 5.11 Å². The normalized spacial score (nSPS) is 11.6. The topological polar surface area (TPSA) is 89.3 Å². The predicted molar refractivity (Wildman–Crippen MR) is 48.0 cm³/mol. The molecule has 78 valence electrons. The molecule has 0 aromatic carbocycles. The highest BCUT2D eigenvalue weighted by Gasteiger charge is 2.22. The number of carboxylic acids is 1. The maximum atomic E-state index is 11.2. The van der Waals surface area contributed by atoms with Crippen LogP contribution in [0.2, 0.25) is 0 Å². The summed E-state index contributed by atoms with van der Waals surface area (Å²) in [6.45, 7) is 1.51. The summed E-state index contributed by atoms with van der Waals surface area (Å²) in [5, 5.41) is 8.47. The quantitative estimate of drug-likeness (QED) is 0.744. The number of aromatic carboxylic acids is 1. The van der Waals surface area contributed by atoms with Gasteiger partial charge >= 0.3 is 5.97 Å². The van der Waals surface area contributed by atoms with Gasteiger partial charge in [0.25, 0.3) is 0 Å². The Labute approximate surface area is 81.1 Å². The smallest absolute Gasteiger partial charge is 0.356 e. The largest absolute Gasteiger partial charge is 0.476 e. The Morgan fingerprint density at radius 2 is 2.00 bits per heavy atom. The van der Waals surface area contributed by atoms with Crippen molar-refractivity contribution in [2.24, 2.45) is 7.05 Å². The summed E-state index contributed by atoms with van der Waals surface area (Å²) in [5.74, 6) is -1.23. The molecule has 0 aliphatic rings. The van der Waals surface area contributed by atoms with Crippen LogP contribution in [-0.4, -0.2) is 35.3 Å². The zero-order chi connectivity index (χ0) is 11.1. The van der Waals surface area contributed by atoms with E-state index in [1.807, 2.05) is 0 Å². The highest BCUT2D eigenvalue weighted by molar-refractivity contribution is 7.90. The van der Waals surface area contributed by atoms with Crippen molar-refractivity contribution in [1.82, 2.24) is 9.55 Å². The van der Waals surface area contributed by atoms with Gasteiger partial charge in [0, 0.05) is 19.0 Å². The van der Waals surface area contributed by atoms with Crippen LogP contribution in [0.15, 0.2) is 5.16 Å². The number of rotatable bonds is 2. The first-order chi connectivity index (χ1) is 6.25. The van der Waals surface area contributed by atoms with Gasteiger partial charge in [-0.3, -0.25) is 0 Å². The molecule has 1 rings (SSSR count). The summed E-state index contributed by atoms with van der Waals surface area (Å²) in [6, 6.07) is 0. The zero-order valence-corrected chi connectivity index (χ0v) is 8.79. The van der Waals surface area contributed by atoms with E-state index in [1.165, 1.54) is 18.5 Å². The third-order valence-corrected chi connectivity index (χ3v) is 2.90. The lowest BCUT2D eigenvalue weighted by atomic mass is 10.3.